The number of carbonyl (C=O) groups excluding carboxylic acids is 1. The summed E-state index contributed by atoms with van der Waals surface area (Å²) in [4.78, 5) is 11.3. The predicted molar refractivity (Wildman–Crippen MR) is 56.6 cm³/mol. The van der Waals surface area contributed by atoms with Gasteiger partial charge in [-0.05, 0) is 24.6 Å². The molecule has 1 aromatic rings. The second-order valence-electron chi connectivity index (χ2n) is 3.00. The molecule has 15 heavy (non-hydrogen) atoms. The van der Waals surface area contributed by atoms with Crippen LogP contribution in [0.2, 0.25) is 0 Å². The van der Waals surface area contributed by atoms with Gasteiger partial charge in [0.15, 0.2) is 0 Å². The number of methoxy groups -OCH3 is 1. The third-order valence-corrected chi connectivity index (χ3v) is 2.02. The molecule has 2 N–H and O–H groups in total. The highest BCUT2D eigenvalue weighted by Crippen LogP contribution is 2.16. The monoisotopic (exact) mass is 209 g/mol. The van der Waals surface area contributed by atoms with Gasteiger partial charge in [0.2, 0.25) is 0 Å². The molecule has 0 fully saturated rings. The summed E-state index contributed by atoms with van der Waals surface area (Å²) < 4.78 is 9.82. The fraction of sp³-hybridized carbons (Fsp3) is 0.364. The van der Waals surface area contributed by atoms with E-state index < -0.39 is 12.0 Å². The number of nitrogens with two attached hydrogens (primary N) is 1. The number of hydrogen-bond acceptors (Lipinski definition) is 4. The van der Waals surface area contributed by atoms with Crippen LogP contribution >= 0.6 is 0 Å². The fourth-order valence-electron chi connectivity index (χ4n) is 1.18. The lowest BCUT2D eigenvalue weighted by atomic mass is 10.1. The summed E-state index contributed by atoms with van der Waals surface area (Å²) in [5, 5.41) is 0. The van der Waals surface area contributed by atoms with Crippen LogP contribution in [-0.4, -0.2) is 19.7 Å². The van der Waals surface area contributed by atoms with Gasteiger partial charge in [0.1, 0.15) is 11.8 Å². The summed E-state index contributed by atoms with van der Waals surface area (Å²) in [5.41, 5.74) is 6.42. The summed E-state index contributed by atoms with van der Waals surface area (Å²) in [5.74, 6) is 0.317. The molecule has 0 aliphatic carbocycles. The lowest BCUT2D eigenvalue weighted by Crippen LogP contribution is -2.23. The molecule has 1 atom stereocenters. The molecule has 0 heterocycles. The third-order valence-electron chi connectivity index (χ3n) is 2.02. The van der Waals surface area contributed by atoms with E-state index in [-0.39, 0.29) is 0 Å². The van der Waals surface area contributed by atoms with Crippen molar-refractivity contribution in [1.82, 2.24) is 0 Å². The molecular weight excluding hydrogens is 194 g/mol. The van der Waals surface area contributed by atoms with Crippen molar-refractivity contribution in [3.05, 3.63) is 29.8 Å². The van der Waals surface area contributed by atoms with Crippen molar-refractivity contribution in [1.29, 1.82) is 0 Å². The van der Waals surface area contributed by atoms with Crippen LogP contribution < -0.4 is 10.5 Å². The molecule has 0 aliphatic rings. The SMILES string of the molecule is CCOC(=O)C(N)c1ccc(OC)cc1. The van der Waals surface area contributed by atoms with Crippen LogP contribution in [-0.2, 0) is 9.53 Å². The normalized spacial score (nSPS) is 11.9. The lowest BCUT2D eigenvalue weighted by molar-refractivity contribution is -0.144. The van der Waals surface area contributed by atoms with E-state index in [4.69, 9.17) is 15.2 Å². The maximum atomic E-state index is 11.3. The number of esters is 1. The maximum absolute atomic E-state index is 11.3. The van der Waals surface area contributed by atoms with Crippen LogP contribution in [0.25, 0.3) is 0 Å². The first-order chi connectivity index (χ1) is 7.19. The summed E-state index contributed by atoms with van der Waals surface area (Å²) in [6.45, 7) is 2.08. The molecule has 0 aromatic heterocycles. The Labute approximate surface area is 89.0 Å². The molecule has 1 rings (SSSR count). The zero-order valence-corrected chi connectivity index (χ0v) is 8.90. The second-order valence-corrected chi connectivity index (χ2v) is 3.00. The van der Waals surface area contributed by atoms with Gasteiger partial charge in [0, 0.05) is 0 Å². The summed E-state index contributed by atoms with van der Waals surface area (Å²) in [6.07, 6.45) is 0. The molecule has 0 spiro atoms. The minimum atomic E-state index is -0.726. The highest BCUT2D eigenvalue weighted by Gasteiger charge is 2.16. The Morgan fingerprint density at radius 2 is 2.00 bits per heavy atom. The zero-order valence-electron chi connectivity index (χ0n) is 8.90. The zero-order chi connectivity index (χ0) is 11.3. The van der Waals surface area contributed by atoms with Gasteiger partial charge in [-0.1, -0.05) is 12.1 Å². The van der Waals surface area contributed by atoms with Crippen molar-refractivity contribution < 1.29 is 14.3 Å². The maximum Gasteiger partial charge on any atom is 0.327 e. The molecule has 1 unspecified atom stereocenters. The first kappa shape index (κ1) is 11.5. The van der Waals surface area contributed by atoms with Crippen molar-refractivity contribution in [2.75, 3.05) is 13.7 Å². The van der Waals surface area contributed by atoms with E-state index in [0.29, 0.717) is 12.2 Å². The van der Waals surface area contributed by atoms with Crippen molar-refractivity contribution in [3.8, 4) is 5.75 Å². The van der Waals surface area contributed by atoms with E-state index in [1.165, 1.54) is 0 Å². The fourth-order valence-corrected chi connectivity index (χ4v) is 1.18. The Hall–Kier alpha value is -1.55. The van der Waals surface area contributed by atoms with Crippen molar-refractivity contribution in [2.45, 2.75) is 13.0 Å². The Bertz CT molecular complexity index is 321. The molecule has 82 valence electrons. The number of ether oxygens (including phenoxy) is 2. The van der Waals surface area contributed by atoms with Gasteiger partial charge in [0.05, 0.1) is 13.7 Å². The minimum Gasteiger partial charge on any atom is -0.497 e. The molecule has 0 saturated carbocycles. The van der Waals surface area contributed by atoms with Gasteiger partial charge in [-0.2, -0.15) is 0 Å². The van der Waals surface area contributed by atoms with E-state index >= 15 is 0 Å². The van der Waals surface area contributed by atoms with Gasteiger partial charge in [-0.3, -0.25) is 0 Å². The summed E-state index contributed by atoms with van der Waals surface area (Å²) in [6, 6.07) is 6.29. The first-order valence-electron chi connectivity index (χ1n) is 4.75. The molecule has 0 radical (unpaired) electrons. The highest BCUT2D eigenvalue weighted by molar-refractivity contribution is 5.77. The lowest BCUT2D eigenvalue weighted by Gasteiger charge is -2.11. The molecule has 0 amide bonds. The molecule has 4 heteroatoms. The Morgan fingerprint density at radius 1 is 1.40 bits per heavy atom. The minimum absolute atomic E-state index is 0.336. The van der Waals surface area contributed by atoms with E-state index in [9.17, 15) is 4.79 Å². The first-order valence-corrected chi connectivity index (χ1v) is 4.75. The second kappa shape index (κ2) is 5.36. The van der Waals surface area contributed by atoms with E-state index in [1.54, 1.807) is 38.3 Å². The molecule has 4 nitrogen and oxygen atoms in total. The van der Waals surface area contributed by atoms with Gasteiger partial charge in [-0.25, -0.2) is 4.79 Å². The Morgan fingerprint density at radius 3 is 2.47 bits per heavy atom. The van der Waals surface area contributed by atoms with Crippen LogP contribution in [0.15, 0.2) is 24.3 Å². The number of carbonyl (C=O) groups is 1. The molecule has 0 aliphatic heterocycles. The average Bonchev–Trinajstić information content (AvgIpc) is 2.28. The highest BCUT2D eigenvalue weighted by atomic mass is 16.5. The van der Waals surface area contributed by atoms with Crippen LogP contribution in [0.1, 0.15) is 18.5 Å². The largest absolute Gasteiger partial charge is 0.497 e. The van der Waals surface area contributed by atoms with Gasteiger partial charge < -0.3 is 15.2 Å². The third kappa shape index (κ3) is 2.95. The van der Waals surface area contributed by atoms with Crippen molar-refractivity contribution in [3.63, 3.8) is 0 Å². The van der Waals surface area contributed by atoms with Gasteiger partial charge in [0.25, 0.3) is 0 Å². The van der Waals surface area contributed by atoms with Crippen LogP contribution in [0.5, 0.6) is 5.75 Å². The number of benzene rings is 1. The van der Waals surface area contributed by atoms with Crippen LogP contribution in [0.3, 0.4) is 0 Å². The van der Waals surface area contributed by atoms with Crippen LogP contribution in [0.4, 0.5) is 0 Å². The topological polar surface area (TPSA) is 61.5 Å². The number of hydrogen-bond donors (Lipinski definition) is 1. The van der Waals surface area contributed by atoms with E-state index in [1.807, 2.05) is 0 Å². The Kier molecular flexibility index (Phi) is 4.12. The van der Waals surface area contributed by atoms with Crippen molar-refractivity contribution in [2.24, 2.45) is 5.73 Å². The molecule has 0 bridgehead atoms. The van der Waals surface area contributed by atoms with Crippen molar-refractivity contribution >= 4 is 5.97 Å². The molecule has 0 saturated heterocycles. The van der Waals surface area contributed by atoms with E-state index in [0.717, 1.165) is 5.75 Å². The van der Waals surface area contributed by atoms with Crippen LogP contribution in [0, 0.1) is 0 Å². The Balaban J connectivity index is 2.73. The van der Waals surface area contributed by atoms with Gasteiger partial charge in [-0.15, -0.1) is 0 Å². The quantitative estimate of drug-likeness (QED) is 0.758. The molecule has 1 aromatic carbocycles. The predicted octanol–water partition coefficient (Wildman–Crippen LogP) is 1.26. The standard InChI is InChI=1S/C11H15NO3/c1-3-15-11(13)10(12)8-4-6-9(14-2)7-5-8/h4-7,10H,3,12H2,1-2H3. The summed E-state index contributed by atoms with van der Waals surface area (Å²) in [7, 11) is 1.58. The summed E-state index contributed by atoms with van der Waals surface area (Å²) >= 11 is 0. The molecular formula is C11H15NO3. The van der Waals surface area contributed by atoms with Gasteiger partial charge >= 0.3 is 5.97 Å². The number of rotatable bonds is 4. The van der Waals surface area contributed by atoms with E-state index in [2.05, 4.69) is 0 Å². The smallest absolute Gasteiger partial charge is 0.327 e. The average molecular weight is 209 g/mol.